The number of rotatable bonds is 3. The lowest BCUT2D eigenvalue weighted by Crippen LogP contribution is -2.38. The van der Waals surface area contributed by atoms with Gasteiger partial charge in [0, 0.05) is 19.6 Å². The Bertz CT molecular complexity index is 603. The molecule has 6 nitrogen and oxygen atoms in total. The van der Waals surface area contributed by atoms with Gasteiger partial charge in [-0.3, -0.25) is 19.5 Å². The predicted molar refractivity (Wildman–Crippen MR) is 79.7 cm³/mol. The molecule has 0 spiro atoms. The summed E-state index contributed by atoms with van der Waals surface area (Å²) in [6.45, 7) is 6.41. The molecular weight excluding hydrogens is 290 g/mol. The van der Waals surface area contributed by atoms with Crippen molar-refractivity contribution in [1.29, 1.82) is 0 Å². The Morgan fingerprint density at radius 3 is 2.86 bits per heavy atom. The fourth-order valence-electron chi connectivity index (χ4n) is 2.50. The van der Waals surface area contributed by atoms with Crippen molar-refractivity contribution in [2.45, 2.75) is 13.3 Å². The molecule has 1 aliphatic carbocycles. The van der Waals surface area contributed by atoms with E-state index in [0.29, 0.717) is 22.8 Å². The molecule has 2 heterocycles. The van der Waals surface area contributed by atoms with Crippen molar-refractivity contribution in [2.75, 3.05) is 39.4 Å². The van der Waals surface area contributed by atoms with Gasteiger partial charge < -0.3 is 4.74 Å². The predicted octanol–water partition coefficient (Wildman–Crippen LogP) is 0.994. The third-order valence-electron chi connectivity index (χ3n) is 3.62. The molecule has 0 atom stereocenters. The van der Waals surface area contributed by atoms with Crippen LogP contribution in [0.3, 0.4) is 0 Å². The van der Waals surface area contributed by atoms with Gasteiger partial charge in [0.25, 0.3) is 0 Å². The molecule has 7 heteroatoms. The van der Waals surface area contributed by atoms with Crippen LogP contribution in [0.25, 0.3) is 0 Å². The van der Waals surface area contributed by atoms with Gasteiger partial charge in [-0.2, -0.15) is 0 Å². The molecule has 0 radical (unpaired) electrons. The number of aryl methyl sites for hydroxylation is 1. The summed E-state index contributed by atoms with van der Waals surface area (Å²) in [5.41, 5.74) is 0.643. The van der Waals surface area contributed by atoms with Crippen LogP contribution in [0.2, 0.25) is 0 Å². The smallest absolute Gasteiger partial charge is 0.227 e. The van der Waals surface area contributed by atoms with Crippen LogP contribution < -0.4 is 0 Å². The van der Waals surface area contributed by atoms with Crippen molar-refractivity contribution < 1.29 is 14.3 Å². The SMILES string of the molecule is Cc1nc2c(s1)C(=O)CC(=NCCN1CCOCC1)C2=O. The Morgan fingerprint density at radius 2 is 2.10 bits per heavy atom. The molecule has 0 unspecified atom stereocenters. The Balaban J connectivity index is 1.67. The van der Waals surface area contributed by atoms with Crippen molar-refractivity contribution in [2.24, 2.45) is 4.99 Å². The molecule has 21 heavy (non-hydrogen) atoms. The van der Waals surface area contributed by atoms with Crippen molar-refractivity contribution >= 4 is 28.6 Å². The van der Waals surface area contributed by atoms with E-state index in [0.717, 1.165) is 37.9 Å². The van der Waals surface area contributed by atoms with Crippen LogP contribution in [0, 0.1) is 6.92 Å². The largest absolute Gasteiger partial charge is 0.379 e. The zero-order valence-electron chi connectivity index (χ0n) is 11.9. The number of hydrogen-bond donors (Lipinski definition) is 0. The van der Waals surface area contributed by atoms with Crippen LogP contribution in [0.15, 0.2) is 4.99 Å². The Hall–Kier alpha value is -1.44. The summed E-state index contributed by atoms with van der Waals surface area (Å²) in [6.07, 6.45) is 0.108. The van der Waals surface area contributed by atoms with Crippen LogP contribution in [-0.4, -0.2) is 66.6 Å². The van der Waals surface area contributed by atoms with Gasteiger partial charge in [-0.05, 0) is 6.92 Å². The number of nitrogens with zero attached hydrogens (tertiary/aromatic N) is 3. The third kappa shape index (κ3) is 3.09. The summed E-state index contributed by atoms with van der Waals surface area (Å²) in [5, 5.41) is 0.747. The lowest BCUT2D eigenvalue weighted by Gasteiger charge is -2.25. The quantitative estimate of drug-likeness (QED) is 0.833. The van der Waals surface area contributed by atoms with E-state index in [-0.39, 0.29) is 18.0 Å². The number of ketones is 2. The van der Waals surface area contributed by atoms with Crippen molar-refractivity contribution in [3.63, 3.8) is 0 Å². The summed E-state index contributed by atoms with van der Waals surface area (Å²) in [5.74, 6) is -0.226. The summed E-state index contributed by atoms with van der Waals surface area (Å²) in [7, 11) is 0. The maximum Gasteiger partial charge on any atom is 0.227 e. The monoisotopic (exact) mass is 307 g/mol. The average Bonchev–Trinajstić information content (AvgIpc) is 2.88. The molecule has 1 aromatic heterocycles. The highest BCUT2D eigenvalue weighted by Gasteiger charge is 2.32. The van der Waals surface area contributed by atoms with Crippen LogP contribution >= 0.6 is 11.3 Å². The highest BCUT2D eigenvalue weighted by molar-refractivity contribution is 7.14. The van der Waals surface area contributed by atoms with Gasteiger partial charge in [0.1, 0.15) is 10.6 Å². The zero-order valence-corrected chi connectivity index (χ0v) is 12.7. The van der Waals surface area contributed by atoms with Gasteiger partial charge in [-0.1, -0.05) is 0 Å². The average molecular weight is 307 g/mol. The second-order valence-corrected chi connectivity index (χ2v) is 6.33. The Morgan fingerprint density at radius 1 is 1.33 bits per heavy atom. The van der Waals surface area contributed by atoms with Gasteiger partial charge in [-0.15, -0.1) is 11.3 Å². The van der Waals surface area contributed by atoms with Crippen LogP contribution in [0.1, 0.15) is 31.6 Å². The summed E-state index contributed by atoms with van der Waals surface area (Å²) in [6, 6.07) is 0. The number of morpholine rings is 1. The van der Waals surface area contributed by atoms with E-state index in [1.165, 1.54) is 11.3 Å². The fraction of sp³-hybridized carbons (Fsp3) is 0.571. The third-order valence-corrected chi connectivity index (χ3v) is 4.63. The lowest BCUT2D eigenvalue weighted by molar-refractivity contribution is 0.0394. The van der Waals surface area contributed by atoms with Crippen molar-refractivity contribution in [3.8, 4) is 0 Å². The summed E-state index contributed by atoms with van der Waals surface area (Å²) >= 11 is 1.29. The summed E-state index contributed by atoms with van der Waals surface area (Å²) in [4.78, 5) is 35.6. The van der Waals surface area contributed by atoms with E-state index in [2.05, 4.69) is 14.9 Å². The first-order valence-electron chi connectivity index (χ1n) is 7.04. The number of carbonyl (C=O) groups is 2. The van der Waals surface area contributed by atoms with Crippen LogP contribution in [0.5, 0.6) is 0 Å². The number of Topliss-reactive ketones (excluding diaryl/α,β-unsaturated/α-hetero) is 2. The standard InChI is InChI=1S/C14H17N3O3S/c1-9-16-12-13(19)10(8-11(18)14(12)21-9)15-2-3-17-4-6-20-7-5-17/h2-8H2,1H3. The van der Waals surface area contributed by atoms with Crippen molar-refractivity contribution in [1.82, 2.24) is 9.88 Å². The minimum Gasteiger partial charge on any atom is -0.379 e. The Kier molecular flexibility index (Phi) is 4.23. The van der Waals surface area contributed by atoms with E-state index < -0.39 is 0 Å². The zero-order chi connectivity index (χ0) is 14.8. The van der Waals surface area contributed by atoms with Gasteiger partial charge >= 0.3 is 0 Å². The molecule has 3 rings (SSSR count). The minimum absolute atomic E-state index is 0.0414. The highest BCUT2D eigenvalue weighted by Crippen LogP contribution is 2.25. The number of ether oxygens (including phenoxy) is 1. The molecule has 112 valence electrons. The number of carbonyl (C=O) groups excluding carboxylic acids is 2. The second kappa shape index (κ2) is 6.13. The van der Waals surface area contributed by atoms with E-state index >= 15 is 0 Å². The number of aliphatic imine (C=N–C) groups is 1. The molecule has 0 amide bonds. The van der Waals surface area contributed by atoms with E-state index in [1.54, 1.807) is 6.92 Å². The normalized spacial score (nSPS) is 21.9. The molecule has 1 fully saturated rings. The second-order valence-electron chi connectivity index (χ2n) is 5.12. The maximum absolute atomic E-state index is 12.3. The number of aromatic nitrogens is 1. The summed E-state index contributed by atoms with van der Waals surface area (Å²) < 4.78 is 5.29. The number of hydrogen-bond acceptors (Lipinski definition) is 7. The van der Waals surface area contributed by atoms with Gasteiger partial charge in [-0.25, -0.2) is 4.98 Å². The molecule has 1 aromatic rings. The van der Waals surface area contributed by atoms with Gasteiger partial charge in [0.2, 0.25) is 5.78 Å². The molecular formula is C14H17N3O3S. The van der Waals surface area contributed by atoms with E-state index in [9.17, 15) is 9.59 Å². The van der Waals surface area contributed by atoms with E-state index in [4.69, 9.17) is 4.74 Å². The topological polar surface area (TPSA) is 71.9 Å². The molecule has 0 N–H and O–H groups in total. The van der Waals surface area contributed by atoms with Crippen LogP contribution in [0.4, 0.5) is 0 Å². The highest BCUT2D eigenvalue weighted by atomic mass is 32.1. The molecule has 2 aliphatic rings. The molecule has 1 aliphatic heterocycles. The molecule has 0 saturated carbocycles. The van der Waals surface area contributed by atoms with Crippen molar-refractivity contribution in [3.05, 3.63) is 15.6 Å². The first kappa shape index (κ1) is 14.5. The lowest BCUT2D eigenvalue weighted by atomic mass is 9.98. The molecule has 0 aromatic carbocycles. The fourth-order valence-corrected chi connectivity index (χ4v) is 3.35. The van der Waals surface area contributed by atoms with Gasteiger partial charge in [0.15, 0.2) is 5.78 Å². The molecule has 0 bridgehead atoms. The Labute approximate surface area is 126 Å². The van der Waals surface area contributed by atoms with Gasteiger partial charge in [0.05, 0.1) is 36.9 Å². The van der Waals surface area contributed by atoms with E-state index in [1.807, 2.05) is 0 Å². The maximum atomic E-state index is 12.3. The van der Waals surface area contributed by atoms with Crippen LogP contribution in [-0.2, 0) is 4.74 Å². The first-order chi connectivity index (χ1) is 10.1. The number of fused-ring (bicyclic) bond motifs is 1. The molecule has 1 saturated heterocycles. The first-order valence-corrected chi connectivity index (χ1v) is 7.85. The minimum atomic E-state index is -0.184. The number of thiazole rings is 1.